The van der Waals surface area contributed by atoms with Crippen LogP contribution >= 0.6 is 12.2 Å². The van der Waals surface area contributed by atoms with Crippen LogP contribution in [0.5, 0.6) is 11.5 Å². The lowest BCUT2D eigenvalue weighted by Crippen LogP contribution is -2.49. The lowest BCUT2D eigenvalue weighted by Gasteiger charge is -2.24. The number of benzene rings is 2. The first kappa shape index (κ1) is 25.4. The first-order valence-corrected chi connectivity index (χ1v) is 10.9. The van der Waals surface area contributed by atoms with Gasteiger partial charge < -0.3 is 19.9 Å². The molecule has 0 spiro atoms. The van der Waals surface area contributed by atoms with E-state index >= 15 is 0 Å². The molecule has 3 N–H and O–H groups in total. The highest BCUT2D eigenvalue weighted by atomic mass is 32.1. The van der Waals surface area contributed by atoms with E-state index in [0.29, 0.717) is 22.7 Å². The van der Waals surface area contributed by atoms with E-state index in [1.165, 1.54) is 50.6 Å². The van der Waals surface area contributed by atoms with Gasteiger partial charge in [-0.1, -0.05) is 0 Å². The van der Waals surface area contributed by atoms with Crippen molar-refractivity contribution in [2.75, 3.05) is 25.7 Å². The molecule has 11 nitrogen and oxygen atoms in total. The van der Waals surface area contributed by atoms with Crippen molar-refractivity contribution in [1.82, 2.24) is 10.4 Å². The number of nitrogens with two attached hydrogens (primary N) is 1. The third-order valence-corrected chi connectivity index (χ3v) is 5.46. The number of hydrogen-bond acceptors (Lipinski definition) is 8. The van der Waals surface area contributed by atoms with Crippen LogP contribution in [-0.2, 0) is 14.3 Å². The predicted molar refractivity (Wildman–Crippen MR) is 129 cm³/mol. The molecule has 3 rings (SSSR count). The molecule has 1 aliphatic heterocycles. The van der Waals surface area contributed by atoms with Crippen molar-refractivity contribution in [3.8, 4) is 11.5 Å². The molecule has 1 atom stereocenters. The van der Waals surface area contributed by atoms with E-state index in [1.54, 1.807) is 13.0 Å². The van der Waals surface area contributed by atoms with E-state index in [2.05, 4.69) is 5.43 Å². The largest absolute Gasteiger partial charge is 0.497 e. The summed E-state index contributed by atoms with van der Waals surface area (Å²) in [6, 6.07) is 9.37. The number of primary amides is 1. The number of rotatable bonds is 9. The third kappa shape index (κ3) is 5.49. The second kappa shape index (κ2) is 10.8. The van der Waals surface area contributed by atoms with E-state index in [4.69, 9.17) is 32.2 Å². The fourth-order valence-electron chi connectivity index (χ4n) is 3.40. The summed E-state index contributed by atoms with van der Waals surface area (Å²) < 4.78 is 15.3. The number of anilines is 1. The minimum absolute atomic E-state index is 0.0756. The number of methoxy groups -OCH3 is 2. The molecular weight excluding hydrogens is 476 g/mol. The smallest absolute Gasteiger partial charge is 0.338 e. The molecule has 12 heteroatoms. The second-order valence-electron chi connectivity index (χ2n) is 7.32. The lowest BCUT2D eigenvalue weighted by atomic mass is 10.1. The summed E-state index contributed by atoms with van der Waals surface area (Å²) in [6.07, 6.45) is -0.391. The Kier molecular flexibility index (Phi) is 7.87. The first-order chi connectivity index (χ1) is 16.7. The van der Waals surface area contributed by atoms with Crippen LogP contribution in [0.25, 0.3) is 0 Å². The lowest BCUT2D eigenvalue weighted by molar-refractivity contribution is -0.125. The van der Waals surface area contributed by atoms with Crippen molar-refractivity contribution in [3.63, 3.8) is 0 Å². The van der Waals surface area contributed by atoms with Gasteiger partial charge in [-0.15, -0.1) is 0 Å². The molecule has 2 aromatic carbocycles. The normalized spacial score (nSPS) is 15.1. The van der Waals surface area contributed by atoms with Crippen molar-refractivity contribution in [2.24, 2.45) is 5.73 Å². The molecule has 35 heavy (non-hydrogen) atoms. The van der Waals surface area contributed by atoms with Crippen LogP contribution in [0.2, 0.25) is 0 Å². The predicted octanol–water partition coefficient (Wildman–Crippen LogP) is 1.40. The van der Waals surface area contributed by atoms with Crippen LogP contribution < -0.4 is 25.5 Å². The molecule has 2 aromatic rings. The standard InChI is InChI=1S/C23H24N4O7S/c1-4-34-22(31)13-5-7-15(8-6-13)26-21(30)18(12-19(24)28)27(23(26)35)25-20(29)14-9-16(32-2)11-17(10-14)33-3/h5-11,18H,4,12H2,1-3H3,(H2,24,28)(H,25,29). The van der Waals surface area contributed by atoms with Gasteiger partial charge in [0.2, 0.25) is 11.0 Å². The van der Waals surface area contributed by atoms with Crippen LogP contribution in [0.1, 0.15) is 34.1 Å². The highest BCUT2D eigenvalue weighted by molar-refractivity contribution is 7.80. The van der Waals surface area contributed by atoms with Crippen LogP contribution in [-0.4, -0.2) is 60.7 Å². The Morgan fingerprint density at radius 1 is 1.03 bits per heavy atom. The summed E-state index contributed by atoms with van der Waals surface area (Å²) >= 11 is 5.47. The van der Waals surface area contributed by atoms with Gasteiger partial charge in [0.05, 0.1) is 38.5 Å². The summed E-state index contributed by atoms with van der Waals surface area (Å²) in [5.41, 5.74) is 8.72. The summed E-state index contributed by atoms with van der Waals surface area (Å²) in [5, 5.41) is 1.05. The fourth-order valence-corrected chi connectivity index (χ4v) is 3.77. The number of ether oxygens (including phenoxy) is 3. The van der Waals surface area contributed by atoms with E-state index < -0.39 is 36.2 Å². The van der Waals surface area contributed by atoms with Gasteiger partial charge in [0.25, 0.3) is 11.8 Å². The molecule has 0 radical (unpaired) electrons. The van der Waals surface area contributed by atoms with Gasteiger partial charge in [0.15, 0.2) is 0 Å². The molecule has 1 heterocycles. The molecule has 1 unspecified atom stereocenters. The Labute approximate surface area is 206 Å². The average Bonchev–Trinajstić information content (AvgIpc) is 3.07. The van der Waals surface area contributed by atoms with Crippen LogP contribution in [0.15, 0.2) is 42.5 Å². The molecule has 3 amide bonds. The molecule has 0 aromatic heterocycles. The number of thiocarbonyl (C=S) groups is 1. The van der Waals surface area contributed by atoms with E-state index in [9.17, 15) is 19.2 Å². The van der Waals surface area contributed by atoms with Crippen LogP contribution in [0.4, 0.5) is 5.69 Å². The molecule has 0 aliphatic carbocycles. The number of nitrogens with one attached hydrogen (secondary N) is 1. The Morgan fingerprint density at radius 2 is 1.63 bits per heavy atom. The topological polar surface area (TPSA) is 140 Å². The van der Waals surface area contributed by atoms with Gasteiger partial charge in [0.1, 0.15) is 17.5 Å². The quantitative estimate of drug-likeness (QED) is 0.386. The van der Waals surface area contributed by atoms with E-state index in [1.807, 2.05) is 0 Å². The van der Waals surface area contributed by atoms with Gasteiger partial charge in [-0.05, 0) is 55.5 Å². The molecule has 1 aliphatic rings. The number of hydrogen-bond donors (Lipinski definition) is 2. The maximum absolute atomic E-state index is 13.2. The van der Waals surface area contributed by atoms with Gasteiger partial charge in [0, 0.05) is 11.6 Å². The molecule has 1 fully saturated rings. The van der Waals surface area contributed by atoms with Crippen molar-refractivity contribution in [3.05, 3.63) is 53.6 Å². The highest BCUT2D eigenvalue weighted by Crippen LogP contribution is 2.27. The maximum Gasteiger partial charge on any atom is 0.338 e. The molecule has 1 saturated heterocycles. The highest BCUT2D eigenvalue weighted by Gasteiger charge is 2.45. The first-order valence-electron chi connectivity index (χ1n) is 10.5. The van der Waals surface area contributed by atoms with Gasteiger partial charge in [-0.2, -0.15) is 0 Å². The number of hydrazine groups is 1. The number of nitrogens with zero attached hydrogens (tertiary/aromatic N) is 2. The zero-order valence-electron chi connectivity index (χ0n) is 19.3. The van der Waals surface area contributed by atoms with Crippen molar-refractivity contribution in [1.29, 1.82) is 0 Å². The molecule has 0 bridgehead atoms. The number of carbonyl (C=O) groups excluding carboxylic acids is 4. The van der Waals surface area contributed by atoms with Crippen molar-refractivity contribution >= 4 is 46.7 Å². The summed E-state index contributed by atoms with van der Waals surface area (Å²) in [5.74, 6) is -1.69. The Balaban J connectivity index is 1.90. The van der Waals surface area contributed by atoms with Gasteiger partial charge in [-0.25, -0.2) is 9.80 Å². The fraction of sp³-hybridized carbons (Fsp3) is 0.261. The Bertz CT molecular complexity index is 1150. The van der Waals surface area contributed by atoms with Crippen molar-refractivity contribution < 1.29 is 33.4 Å². The maximum atomic E-state index is 13.2. The van der Waals surface area contributed by atoms with Gasteiger partial charge in [-0.3, -0.25) is 24.7 Å². The zero-order valence-corrected chi connectivity index (χ0v) is 20.1. The number of amides is 3. The second-order valence-corrected chi connectivity index (χ2v) is 7.69. The minimum atomic E-state index is -1.17. The zero-order chi connectivity index (χ0) is 25.7. The molecule has 184 valence electrons. The monoisotopic (exact) mass is 500 g/mol. The van der Waals surface area contributed by atoms with E-state index in [0.717, 1.165) is 9.91 Å². The van der Waals surface area contributed by atoms with Crippen LogP contribution in [0.3, 0.4) is 0 Å². The summed E-state index contributed by atoms with van der Waals surface area (Å²) in [7, 11) is 2.89. The number of carbonyl (C=O) groups is 4. The molecule has 0 saturated carbocycles. The SMILES string of the molecule is CCOC(=O)c1ccc(N2C(=O)C(CC(N)=O)N(NC(=O)c3cc(OC)cc(OC)c3)C2=S)cc1. The third-order valence-electron chi connectivity index (χ3n) is 5.08. The Hall–Kier alpha value is -4.19. The summed E-state index contributed by atoms with van der Waals surface area (Å²) in [4.78, 5) is 51.0. The minimum Gasteiger partial charge on any atom is -0.497 e. The Morgan fingerprint density at radius 3 is 2.14 bits per heavy atom. The average molecular weight is 501 g/mol. The number of esters is 1. The van der Waals surface area contributed by atoms with E-state index in [-0.39, 0.29) is 17.3 Å². The molecular formula is C23H24N4O7S. The van der Waals surface area contributed by atoms with Crippen LogP contribution in [0, 0.1) is 0 Å². The summed E-state index contributed by atoms with van der Waals surface area (Å²) in [6.45, 7) is 1.91. The van der Waals surface area contributed by atoms with Crippen molar-refractivity contribution in [2.45, 2.75) is 19.4 Å². The van der Waals surface area contributed by atoms with Gasteiger partial charge >= 0.3 is 5.97 Å².